The highest BCUT2D eigenvalue weighted by Gasteiger charge is 2.30. The van der Waals surface area contributed by atoms with Crippen LogP contribution in [-0.2, 0) is 0 Å². The Kier molecular flexibility index (Phi) is 4.63. The summed E-state index contributed by atoms with van der Waals surface area (Å²) in [6.45, 7) is 1.18. The first-order chi connectivity index (χ1) is 10.4. The molecule has 1 fully saturated rings. The molecule has 0 bridgehead atoms. The molecule has 1 unspecified atom stereocenters. The van der Waals surface area contributed by atoms with Crippen LogP contribution in [0.4, 0.5) is 0 Å². The molecule has 1 saturated heterocycles. The van der Waals surface area contributed by atoms with Crippen LogP contribution in [0.15, 0.2) is 54.9 Å². The molecule has 1 aromatic carbocycles. The van der Waals surface area contributed by atoms with Crippen LogP contribution in [-0.4, -0.2) is 28.1 Å². The Morgan fingerprint density at radius 3 is 2.71 bits per heavy atom. The van der Waals surface area contributed by atoms with E-state index in [1.54, 1.807) is 0 Å². The summed E-state index contributed by atoms with van der Waals surface area (Å²) in [5, 5.41) is 9.94. The standard InChI is InChI=1S/C18H22N2O/c21-14-18(15-7-2-1-3-8-15)20-12-5-4-10-17(20)16-9-6-11-19-13-16/h1-3,6-9,11,13,17-18,21H,4-5,10,12,14H2/t17?,18-/m0/s1. The fraction of sp³-hybridized carbons (Fsp3) is 0.389. The SMILES string of the molecule is OC[C@@H](c1ccccc1)N1CCCCC1c1cccnc1. The Labute approximate surface area is 126 Å². The van der Waals surface area contributed by atoms with Crippen molar-refractivity contribution in [2.75, 3.05) is 13.2 Å². The van der Waals surface area contributed by atoms with Gasteiger partial charge in [-0.1, -0.05) is 42.8 Å². The lowest BCUT2D eigenvalue weighted by molar-refractivity contribution is 0.0557. The van der Waals surface area contributed by atoms with Gasteiger partial charge in [-0.15, -0.1) is 0 Å². The molecule has 3 nitrogen and oxygen atoms in total. The predicted molar refractivity (Wildman–Crippen MR) is 83.8 cm³/mol. The van der Waals surface area contributed by atoms with Gasteiger partial charge in [0.2, 0.25) is 0 Å². The second kappa shape index (κ2) is 6.83. The maximum atomic E-state index is 9.94. The Hall–Kier alpha value is -1.71. The number of rotatable bonds is 4. The predicted octanol–water partition coefficient (Wildman–Crippen LogP) is 3.34. The minimum atomic E-state index is 0.0664. The van der Waals surface area contributed by atoms with Gasteiger partial charge in [-0.3, -0.25) is 9.88 Å². The Balaban J connectivity index is 1.89. The molecule has 2 aromatic rings. The number of nitrogens with zero attached hydrogens (tertiary/aromatic N) is 2. The molecule has 1 N–H and O–H groups in total. The highest BCUT2D eigenvalue weighted by atomic mass is 16.3. The molecule has 0 radical (unpaired) electrons. The number of pyridine rings is 1. The Morgan fingerprint density at radius 1 is 1.14 bits per heavy atom. The number of benzene rings is 1. The number of aliphatic hydroxyl groups is 1. The molecule has 1 aliphatic heterocycles. The van der Waals surface area contributed by atoms with E-state index in [1.807, 2.05) is 36.7 Å². The van der Waals surface area contributed by atoms with Gasteiger partial charge in [-0.05, 0) is 36.6 Å². The first-order valence-corrected chi connectivity index (χ1v) is 7.71. The second-order valence-electron chi connectivity index (χ2n) is 5.64. The summed E-state index contributed by atoms with van der Waals surface area (Å²) in [4.78, 5) is 6.70. The third kappa shape index (κ3) is 3.14. The molecule has 0 spiro atoms. The van der Waals surface area contributed by atoms with Crippen LogP contribution >= 0.6 is 0 Å². The summed E-state index contributed by atoms with van der Waals surface area (Å²) < 4.78 is 0. The van der Waals surface area contributed by atoms with Crippen molar-refractivity contribution in [2.45, 2.75) is 31.3 Å². The number of aliphatic hydroxyl groups excluding tert-OH is 1. The van der Waals surface area contributed by atoms with Crippen molar-refractivity contribution in [3.05, 3.63) is 66.0 Å². The summed E-state index contributed by atoms with van der Waals surface area (Å²) >= 11 is 0. The van der Waals surface area contributed by atoms with Gasteiger partial charge in [-0.2, -0.15) is 0 Å². The number of aromatic nitrogens is 1. The number of piperidine rings is 1. The molecule has 1 aliphatic rings. The summed E-state index contributed by atoms with van der Waals surface area (Å²) in [5.74, 6) is 0. The van der Waals surface area contributed by atoms with E-state index < -0.39 is 0 Å². The number of likely N-dealkylation sites (tertiary alicyclic amines) is 1. The fourth-order valence-corrected chi connectivity index (χ4v) is 3.33. The van der Waals surface area contributed by atoms with Crippen LogP contribution in [0.3, 0.4) is 0 Å². The number of hydrogen-bond donors (Lipinski definition) is 1. The third-order valence-electron chi connectivity index (χ3n) is 4.37. The van der Waals surface area contributed by atoms with Crippen molar-refractivity contribution >= 4 is 0 Å². The van der Waals surface area contributed by atoms with Crippen LogP contribution in [0.1, 0.15) is 42.5 Å². The molecule has 3 heteroatoms. The maximum absolute atomic E-state index is 9.94. The molecule has 3 rings (SSSR count). The average molecular weight is 282 g/mol. The lowest BCUT2D eigenvalue weighted by Gasteiger charge is -2.41. The number of hydrogen-bond acceptors (Lipinski definition) is 3. The van der Waals surface area contributed by atoms with Gasteiger partial charge < -0.3 is 5.11 Å². The molecule has 0 amide bonds. The van der Waals surface area contributed by atoms with E-state index in [1.165, 1.54) is 24.0 Å². The van der Waals surface area contributed by atoms with E-state index in [2.05, 4.69) is 28.1 Å². The van der Waals surface area contributed by atoms with Crippen molar-refractivity contribution < 1.29 is 5.11 Å². The van der Waals surface area contributed by atoms with Gasteiger partial charge >= 0.3 is 0 Å². The summed E-state index contributed by atoms with van der Waals surface area (Å²) in [7, 11) is 0. The van der Waals surface area contributed by atoms with Gasteiger partial charge in [0.15, 0.2) is 0 Å². The topological polar surface area (TPSA) is 36.4 Å². The summed E-state index contributed by atoms with van der Waals surface area (Å²) in [6.07, 6.45) is 7.35. The van der Waals surface area contributed by atoms with Crippen LogP contribution < -0.4 is 0 Å². The van der Waals surface area contributed by atoms with E-state index >= 15 is 0 Å². The van der Waals surface area contributed by atoms with Crippen LogP contribution in [0.5, 0.6) is 0 Å². The van der Waals surface area contributed by atoms with Crippen molar-refractivity contribution in [3.63, 3.8) is 0 Å². The van der Waals surface area contributed by atoms with Crippen molar-refractivity contribution in [1.82, 2.24) is 9.88 Å². The fourth-order valence-electron chi connectivity index (χ4n) is 3.33. The van der Waals surface area contributed by atoms with Gasteiger partial charge in [0.05, 0.1) is 12.6 Å². The molecule has 110 valence electrons. The van der Waals surface area contributed by atoms with Crippen molar-refractivity contribution in [2.24, 2.45) is 0 Å². The monoisotopic (exact) mass is 282 g/mol. The quantitative estimate of drug-likeness (QED) is 0.934. The maximum Gasteiger partial charge on any atom is 0.0628 e. The van der Waals surface area contributed by atoms with Gasteiger partial charge in [0, 0.05) is 18.4 Å². The van der Waals surface area contributed by atoms with Gasteiger partial charge in [0.1, 0.15) is 0 Å². The first-order valence-electron chi connectivity index (χ1n) is 7.71. The molecular weight excluding hydrogens is 260 g/mol. The van der Waals surface area contributed by atoms with Gasteiger partial charge in [0.25, 0.3) is 0 Å². The average Bonchev–Trinajstić information content (AvgIpc) is 2.58. The molecule has 1 aromatic heterocycles. The van der Waals surface area contributed by atoms with E-state index in [4.69, 9.17) is 0 Å². The molecule has 0 aliphatic carbocycles. The zero-order valence-corrected chi connectivity index (χ0v) is 12.2. The normalized spacial score (nSPS) is 21.1. The Bertz CT molecular complexity index is 502. The highest BCUT2D eigenvalue weighted by molar-refractivity contribution is 5.22. The lowest BCUT2D eigenvalue weighted by Crippen LogP contribution is -2.38. The lowest BCUT2D eigenvalue weighted by atomic mass is 9.92. The van der Waals surface area contributed by atoms with Crippen molar-refractivity contribution in [3.8, 4) is 0 Å². The summed E-state index contributed by atoms with van der Waals surface area (Å²) in [5.41, 5.74) is 2.45. The van der Waals surface area contributed by atoms with E-state index in [-0.39, 0.29) is 12.6 Å². The molecule has 2 heterocycles. The summed E-state index contributed by atoms with van der Waals surface area (Å²) in [6, 6.07) is 14.9. The minimum absolute atomic E-state index is 0.0664. The molecule has 0 saturated carbocycles. The van der Waals surface area contributed by atoms with E-state index in [0.717, 1.165) is 13.0 Å². The third-order valence-corrected chi connectivity index (χ3v) is 4.37. The van der Waals surface area contributed by atoms with E-state index in [0.29, 0.717) is 6.04 Å². The zero-order chi connectivity index (χ0) is 14.5. The molecule has 21 heavy (non-hydrogen) atoms. The highest BCUT2D eigenvalue weighted by Crippen LogP contribution is 2.36. The molecule has 2 atom stereocenters. The van der Waals surface area contributed by atoms with E-state index in [9.17, 15) is 5.11 Å². The van der Waals surface area contributed by atoms with Crippen molar-refractivity contribution in [1.29, 1.82) is 0 Å². The van der Waals surface area contributed by atoms with Crippen LogP contribution in [0.2, 0.25) is 0 Å². The largest absolute Gasteiger partial charge is 0.394 e. The minimum Gasteiger partial charge on any atom is -0.394 e. The second-order valence-corrected chi connectivity index (χ2v) is 5.64. The smallest absolute Gasteiger partial charge is 0.0628 e. The van der Waals surface area contributed by atoms with Gasteiger partial charge in [-0.25, -0.2) is 0 Å². The first kappa shape index (κ1) is 14.2. The Morgan fingerprint density at radius 2 is 2.00 bits per heavy atom. The van der Waals surface area contributed by atoms with Crippen LogP contribution in [0, 0.1) is 0 Å². The zero-order valence-electron chi connectivity index (χ0n) is 12.2. The molecular formula is C18H22N2O. The van der Waals surface area contributed by atoms with Crippen LogP contribution in [0.25, 0.3) is 0 Å².